The van der Waals surface area contributed by atoms with Crippen LogP contribution >= 0.6 is 22.7 Å². The minimum absolute atomic E-state index is 0. The van der Waals surface area contributed by atoms with Crippen LogP contribution in [0, 0.1) is 25.7 Å². The van der Waals surface area contributed by atoms with E-state index in [-0.39, 0.29) is 127 Å². The molecule has 0 aliphatic rings. The standard InChI is InChI=1S/C33H51NO4SSi.C24H43NO2SSi.CH2O3.CH4O.2K.H/c1-24(15-14-16-25(2)22-37-40(9,10)33(5,6)7)19-20-30(26(3)21-29-23-39-27(4)34-29)38-32(35)31(36-8)28-17-12-11-13-18-28;1-18(11-10-12-19(2)16-27-29(8,9)24(5,6)7)13-14-23(26)20(3)15-22-17-28-21(4)25-22;2-1-4-3;1-2;;;/h11-13,17-19,21,23,25,30-31H,14-16,20,22H2,1-10H3;13,15,17,19,23,26H,10-12,14,16H2,1-9H3;1,3H;2H,1H3;;;/q;;;;2*+1;-1/p-1/b24-19-,26-21+;18-13-,20-15+;;;;;/t25-,30-,31+;19-,23-;;;;;/m00...../s1. The van der Waals surface area contributed by atoms with Gasteiger partial charge in [-0.1, -0.05) is 109 Å². The summed E-state index contributed by atoms with van der Waals surface area (Å²) in [5, 5.41) is 32.5. The molecular formula is C59H100K2N2O10S2Si2. The molecular weight excluding hydrogens is 1100 g/mol. The first kappa shape index (κ1) is 81.1. The maximum Gasteiger partial charge on any atom is 1.00 e. The zero-order valence-corrected chi connectivity index (χ0v) is 61.6. The van der Waals surface area contributed by atoms with E-state index in [1.165, 1.54) is 31.1 Å². The molecule has 77 heavy (non-hydrogen) atoms. The van der Waals surface area contributed by atoms with Crippen LogP contribution < -0.4 is 108 Å². The third kappa shape index (κ3) is 34.9. The summed E-state index contributed by atoms with van der Waals surface area (Å²) in [6, 6.07) is 9.48. The molecule has 0 bridgehead atoms. The first-order chi connectivity index (χ1) is 35.0. The van der Waals surface area contributed by atoms with Crippen molar-refractivity contribution in [3.63, 3.8) is 0 Å². The number of aliphatic hydroxyl groups excluding tert-OH is 2. The Morgan fingerprint density at radius 3 is 1.51 bits per heavy atom. The number of hydrogen-bond donors (Lipinski definition) is 2. The topological polar surface area (TPSA) is 170 Å². The van der Waals surface area contributed by atoms with Gasteiger partial charge in [-0.3, -0.25) is 4.79 Å². The van der Waals surface area contributed by atoms with E-state index in [2.05, 4.69) is 122 Å². The Balaban J connectivity index is -0.000000638. The van der Waals surface area contributed by atoms with Gasteiger partial charge in [0.05, 0.1) is 27.5 Å². The van der Waals surface area contributed by atoms with Gasteiger partial charge in [-0.25, -0.2) is 14.8 Å². The van der Waals surface area contributed by atoms with Gasteiger partial charge in [0.1, 0.15) is 6.10 Å². The van der Waals surface area contributed by atoms with Gasteiger partial charge in [0.15, 0.2) is 22.7 Å². The van der Waals surface area contributed by atoms with Gasteiger partial charge >= 0.3 is 109 Å². The van der Waals surface area contributed by atoms with E-state index < -0.39 is 34.9 Å². The third-order valence-electron chi connectivity index (χ3n) is 13.9. The van der Waals surface area contributed by atoms with Crippen molar-refractivity contribution in [2.24, 2.45) is 11.8 Å². The second kappa shape index (κ2) is 42.6. The van der Waals surface area contributed by atoms with Crippen LogP contribution in [0.15, 0.2) is 75.5 Å². The van der Waals surface area contributed by atoms with E-state index in [0.717, 1.165) is 84.1 Å². The molecule has 0 saturated carbocycles. The van der Waals surface area contributed by atoms with Crippen LogP contribution in [0.3, 0.4) is 0 Å². The van der Waals surface area contributed by atoms with E-state index in [9.17, 15) is 9.90 Å². The van der Waals surface area contributed by atoms with Gasteiger partial charge in [0.2, 0.25) is 0 Å². The summed E-state index contributed by atoms with van der Waals surface area (Å²) >= 11 is 3.25. The number of hydrogen-bond acceptors (Lipinski definition) is 14. The van der Waals surface area contributed by atoms with Crippen LogP contribution in [0.1, 0.15) is 169 Å². The summed E-state index contributed by atoms with van der Waals surface area (Å²) in [5.41, 5.74) is 7.21. The number of benzene rings is 1. The summed E-state index contributed by atoms with van der Waals surface area (Å²) < 4.78 is 24.4. The molecule has 2 aromatic heterocycles. The summed E-state index contributed by atoms with van der Waals surface area (Å²) in [6.45, 7) is 41.4. The van der Waals surface area contributed by atoms with Crippen LogP contribution in [-0.4, -0.2) is 88.9 Å². The molecule has 12 nitrogen and oxygen atoms in total. The van der Waals surface area contributed by atoms with Gasteiger partial charge < -0.3 is 40.1 Å². The van der Waals surface area contributed by atoms with E-state index in [1.54, 1.807) is 22.7 Å². The fraction of sp³-hybridized carbons (Fsp3) is 0.627. The van der Waals surface area contributed by atoms with E-state index in [0.29, 0.717) is 24.7 Å². The summed E-state index contributed by atoms with van der Waals surface area (Å²) in [7, 11) is -0.810. The SMILES string of the molecule is C/C(=C/C[C@H](O)/C(C)=C/c1csc(C)n1)CCC[C@H](C)CO[Si](C)(C)C(C)(C)C.CO.CO[C@@H](C(=O)O[C@@H](C/C=C(/C)CCC[C@H](C)CO[Si](C)(C)C(C)(C)C)/C(C)=C/c1csc(C)n1)c1ccccc1.O=CO[O-].[H-].[K+].[K+]. The van der Waals surface area contributed by atoms with Gasteiger partial charge in [0, 0.05) is 44.6 Å². The molecule has 0 fully saturated rings. The molecule has 0 aliphatic heterocycles. The first-order valence-electron chi connectivity index (χ1n) is 26.4. The Bertz CT molecular complexity index is 2190. The normalized spacial score (nSPS) is 14.5. The van der Waals surface area contributed by atoms with Gasteiger partial charge in [0.25, 0.3) is 6.47 Å². The Labute approximate surface area is 563 Å². The molecule has 1 aromatic carbocycles. The summed E-state index contributed by atoms with van der Waals surface area (Å²) in [6.07, 6.45) is 14.8. The molecule has 0 unspecified atom stereocenters. The van der Waals surface area contributed by atoms with Gasteiger partial charge in [-0.05, 0) is 163 Å². The van der Waals surface area contributed by atoms with Crippen molar-refractivity contribution in [2.45, 2.75) is 203 Å². The van der Waals surface area contributed by atoms with Crippen molar-refractivity contribution in [1.29, 1.82) is 0 Å². The molecule has 0 aliphatic carbocycles. The number of allylic oxidation sites excluding steroid dienone is 2. The Morgan fingerprint density at radius 2 is 1.14 bits per heavy atom. The van der Waals surface area contributed by atoms with E-state index in [1.807, 2.05) is 80.9 Å². The van der Waals surface area contributed by atoms with E-state index >= 15 is 0 Å². The van der Waals surface area contributed by atoms with Crippen LogP contribution in [0.4, 0.5) is 0 Å². The molecule has 0 amide bonds. The number of aromatic nitrogens is 2. The molecule has 5 atom stereocenters. The quantitative estimate of drug-likeness (QED) is 0.0186. The number of esters is 1. The number of ether oxygens (including phenoxy) is 2. The predicted molar refractivity (Wildman–Crippen MR) is 319 cm³/mol. The summed E-state index contributed by atoms with van der Waals surface area (Å²) in [5.74, 6) is 0.739. The maximum absolute atomic E-state index is 13.2. The molecule has 2 heterocycles. The Hall–Kier alpha value is -0.154. The van der Waals surface area contributed by atoms with Crippen molar-refractivity contribution < 1.29 is 152 Å². The minimum atomic E-state index is -1.71. The van der Waals surface area contributed by atoms with Crippen molar-refractivity contribution in [2.75, 3.05) is 27.4 Å². The second-order valence-corrected chi connectivity index (χ2v) is 34.5. The molecule has 428 valence electrons. The molecule has 3 aromatic rings. The average Bonchev–Trinajstić information content (AvgIpc) is 3.96. The number of thiazole rings is 2. The largest absolute Gasteiger partial charge is 1.00 e. The van der Waals surface area contributed by atoms with Crippen molar-refractivity contribution in [3.05, 3.63) is 103 Å². The zero-order valence-electron chi connectivity index (χ0n) is 52.8. The predicted octanol–water partition coefficient (Wildman–Crippen LogP) is 8.86. The number of rotatable bonds is 27. The fourth-order valence-electron chi connectivity index (χ4n) is 6.84. The average molecular weight is 1200 g/mol. The van der Waals surface area contributed by atoms with Crippen molar-refractivity contribution in [1.82, 2.24) is 9.97 Å². The van der Waals surface area contributed by atoms with Gasteiger partial charge in [-0.15, -0.1) is 22.7 Å². The monoisotopic (exact) mass is 1190 g/mol. The van der Waals surface area contributed by atoms with E-state index in [4.69, 9.17) is 33.5 Å². The number of nitrogens with zero attached hydrogens (tertiary/aromatic N) is 2. The molecule has 3 rings (SSSR count). The van der Waals surface area contributed by atoms with Crippen LogP contribution in [-0.2, 0) is 32.8 Å². The number of aliphatic hydroxyl groups is 2. The van der Waals surface area contributed by atoms with Gasteiger partial charge in [-0.2, -0.15) is 0 Å². The maximum atomic E-state index is 13.2. The zero-order chi connectivity index (χ0) is 57.6. The molecule has 0 saturated heterocycles. The number of carbonyl (C=O) groups is 2. The van der Waals surface area contributed by atoms with Crippen LogP contribution in [0.25, 0.3) is 12.2 Å². The number of carbonyl (C=O) groups excluding carboxylic acids is 2. The molecule has 0 spiro atoms. The van der Waals surface area contributed by atoms with Crippen molar-refractivity contribution in [3.8, 4) is 0 Å². The summed E-state index contributed by atoms with van der Waals surface area (Å²) in [4.78, 5) is 33.5. The second-order valence-electron chi connectivity index (χ2n) is 22.7. The Morgan fingerprint density at radius 1 is 0.740 bits per heavy atom. The minimum Gasteiger partial charge on any atom is -1.00 e. The first-order valence-corrected chi connectivity index (χ1v) is 34.0. The molecule has 0 radical (unpaired) electrons. The third-order valence-corrected chi connectivity index (χ3v) is 24.5. The van der Waals surface area contributed by atoms with Crippen LogP contribution in [0.5, 0.6) is 0 Å². The number of methoxy groups -OCH3 is 1. The smallest absolute Gasteiger partial charge is 1.00 e. The molecule has 2 N–H and O–H groups in total. The molecule has 18 heteroatoms. The van der Waals surface area contributed by atoms with Crippen LogP contribution in [0.2, 0.25) is 36.3 Å². The Kier molecular flexibility index (Phi) is 44.9. The fourth-order valence-corrected chi connectivity index (χ4v) is 10.3. The number of aryl methyl sites for hydroxylation is 2. The van der Waals surface area contributed by atoms with Crippen molar-refractivity contribution >= 4 is 63.9 Å².